The van der Waals surface area contributed by atoms with Crippen LogP contribution in [0.5, 0.6) is 0 Å². The van der Waals surface area contributed by atoms with E-state index in [1.54, 1.807) is 30.3 Å². The predicted molar refractivity (Wildman–Crippen MR) is 82.7 cm³/mol. The summed E-state index contributed by atoms with van der Waals surface area (Å²) in [6, 6.07) is 12.1. The Balaban J connectivity index is 2.30. The number of halogens is 3. The maximum absolute atomic E-state index is 13.6. The number of hydrogen-bond donors (Lipinski definition) is 1. The molecule has 0 saturated carbocycles. The van der Waals surface area contributed by atoms with Gasteiger partial charge < -0.3 is 5.32 Å². The average molecular weight is 363 g/mol. The summed E-state index contributed by atoms with van der Waals surface area (Å²) in [6.07, 6.45) is 1.00. The Kier molecular flexibility index (Phi) is 5.02. The van der Waals surface area contributed by atoms with Gasteiger partial charge in [0.2, 0.25) is 0 Å². The molecule has 0 saturated heterocycles. The fraction of sp³-hybridized carbons (Fsp3) is 0. The first kappa shape index (κ1) is 15.9. The summed E-state index contributed by atoms with van der Waals surface area (Å²) in [4.78, 5) is 12.1. The smallest absolute Gasteiger partial charge is 0.266 e. The molecule has 110 valence electrons. The number of benzene rings is 2. The monoisotopic (exact) mass is 362 g/mol. The van der Waals surface area contributed by atoms with Gasteiger partial charge in [0, 0.05) is 10.0 Å². The highest BCUT2D eigenvalue weighted by molar-refractivity contribution is 9.10. The summed E-state index contributed by atoms with van der Waals surface area (Å²) < 4.78 is 27.4. The van der Waals surface area contributed by atoms with Crippen molar-refractivity contribution in [2.24, 2.45) is 0 Å². The van der Waals surface area contributed by atoms with Crippen molar-refractivity contribution < 1.29 is 13.6 Å². The van der Waals surface area contributed by atoms with Crippen molar-refractivity contribution in [2.45, 2.75) is 0 Å². The molecule has 0 unspecified atom stereocenters. The Morgan fingerprint density at radius 1 is 1.18 bits per heavy atom. The number of hydrogen-bond acceptors (Lipinski definition) is 2. The number of nitrogens with one attached hydrogen (secondary N) is 1. The van der Waals surface area contributed by atoms with Gasteiger partial charge in [-0.25, -0.2) is 8.78 Å². The van der Waals surface area contributed by atoms with Crippen molar-refractivity contribution in [1.29, 1.82) is 5.26 Å². The molecule has 0 bridgehead atoms. The molecule has 0 aliphatic heterocycles. The van der Waals surface area contributed by atoms with E-state index < -0.39 is 17.5 Å². The summed E-state index contributed by atoms with van der Waals surface area (Å²) in [5.74, 6) is -2.86. The third-order valence-corrected chi connectivity index (χ3v) is 3.46. The van der Waals surface area contributed by atoms with Crippen molar-refractivity contribution in [1.82, 2.24) is 0 Å². The average Bonchev–Trinajstić information content (AvgIpc) is 2.51. The number of rotatable bonds is 3. The molecule has 0 radical (unpaired) electrons. The van der Waals surface area contributed by atoms with Crippen LogP contribution in [0.25, 0.3) is 6.08 Å². The van der Waals surface area contributed by atoms with E-state index in [2.05, 4.69) is 21.2 Å². The Morgan fingerprint density at radius 3 is 2.59 bits per heavy atom. The second-order valence-corrected chi connectivity index (χ2v) is 5.10. The first-order chi connectivity index (χ1) is 10.5. The van der Waals surface area contributed by atoms with Crippen LogP contribution < -0.4 is 5.32 Å². The topological polar surface area (TPSA) is 52.9 Å². The second-order valence-electron chi connectivity index (χ2n) is 4.25. The lowest BCUT2D eigenvalue weighted by Gasteiger charge is -2.06. The first-order valence-corrected chi connectivity index (χ1v) is 6.94. The molecule has 2 aromatic carbocycles. The van der Waals surface area contributed by atoms with Crippen molar-refractivity contribution in [3.63, 3.8) is 0 Å². The normalized spacial score (nSPS) is 10.9. The molecule has 22 heavy (non-hydrogen) atoms. The maximum Gasteiger partial charge on any atom is 0.266 e. The van der Waals surface area contributed by atoms with Crippen LogP contribution in [0.1, 0.15) is 5.56 Å². The number of nitrogens with zero attached hydrogens (tertiary/aromatic N) is 1. The van der Waals surface area contributed by atoms with Gasteiger partial charge in [-0.05, 0) is 40.2 Å². The molecule has 3 nitrogen and oxygen atoms in total. The number of para-hydroxylation sites is 1. The minimum absolute atomic E-state index is 0.168. The Morgan fingerprint density at radius 2 is 1.91 bits per heavy atom. The molecule has 0 fully saturated rings. The van der Waals surface area contributed by atoms with Gasteiger partial charge in [0.1, 0.15) is 11.6 Å². The molecule has 0 heterocycles. The van der Waals surface area contributed by atoms with Crippen LogP contribution >= 0.6 is 15.9 Å². The van der Waals surface area contributed by atoms with Crippen LogP contribution in [0.15, 0.2) is 52.5 Å². The minimum atomic E-state index is -1.11. The number of nitriles is 1. The van der Waals surface area contributed by atoms with E-state index >= 15 is 0 Å². The van der Waals surface area contributed by atoms with Crippen LogP contribution in [0.4, 0.5) is 14.5 Å². The van der Waals surface area contributed by atoms with Gasteiger partial charge in [-0.2, -0.15) is 5.26 Å². The fourth-order valence-electron chi connectivity index (χ4n) is 1.69. The van der Waals surface area contributed by atoms with Crippen LogP contribution in [0, 0.1) is 23.0 Å². The van der Waals surface area contributed by atoms with Crippen molar-refractivity contribution >= 4 is 33.6 Å². The van der Waals surface area contributed by atoms with Gasteiger partial charge >= 0.3 is 0 Å². The molecule has 0 spiro atoms. The second kappa shape index (κ2) is 6.96. The highest BCUT2D eigenvalue weighted by Crippen LogP contribution is 2.22. The zero-order chi connectivity index (χ0) is 16.1. The van der Waals surface area contributed by atoms with Gasteiger partial charge in [0.05, 0.1) is 5.69 Å². The van der Waals surface area contributed by atoms with E-state index in [0.29, 0.717) is 10.2 Å². The molecule has 2 aromatic rings. The van der Waals surface area contributed by atoms with Crippen molar-refractivity contribution in [3.05, 3.63) is 69.7 Å². The van der Waals surface area contributed by atoms with Crippen LogP contribution in [-0.2, 0) is 4.79 Å². The fourth-order valence-corrected chi connectivity index (χ4v) is 2.07. The quantitative estimate of drug-likeness (QED) is 0.654. The molecular formula is C16H9BrF2N2O. The third-order valence-electron chi connectivity index (χ3n) is 2.77. The highest BCUT2D eigenvalue weighted by atomic mass is 79.9. The van der Waals surface area contributed by atoms with Crippen LogP contribution in [0.2, 0.25) is 0 Å². The highest BCUT2D eigenvalue weighted by Gasteiger charge is 2.13. The summed E-state index contributed by atoms with van der Waals surface area (Å²) in [5, 5.41) is 11.6. The lowest BCUT2D eigenvalue weighted by molar-refractivity contribution is -0.112. The molecule has 1 amide bonds. The number of anilines is 1. The third kappa shape index (κ3) is 3.57. The van der Waals surface area contributed by atoms with Crippen molar-refractivity contribution in [2.75, 3.05) is 5.32 Å². The molecule has 0 aliphatic rings. The molecule has 6 heteroatoms. The van der Waals surface area contributed by atoms with E-state index in [1.165, 1.54) is 12.1 Å². The molecule has 0 aromatic heterocycles. The largest absolute Gasteiger partial charge is 0.320 e. The number of carbonyl (C=O) groups is 1. The summed E-state index contributed by atoms with van der Waals surface area (Å²) >= 11 is 3.26. The summed E-state index contributed by atoms with van der Waals surface area (Å²) in [6.45, 7) is 0. The van der Waals surface area contributed by atoms with Gasteiger partial charge in [0.25, 0.3) is 5.91 Å². The molecule has 0 aliphatic carbocycles. The Labute approximate surface area is 134 Å². The SMILES string of the molecule is N#C/C(=C/c1cccc(F)c1F)C(=O)Nc1ccccc1Br. The first-order valence-electron chi connectivity index (χ1n) is 6.14. The van der Waals surface area contributed by atoms with Gasteiger partial charge in [0.15, 0.2) is 11.6 Å². The molecule has 0 atom stereocenters. The summed E-state index contributed by atoms with van der Waals surface area (Å²) in [7, 11) is 0. The van der Waals surface area contributed by atoms with E-state index in [0.717, 1.165) is 12.1 Å². The van der Waals surface area contributed by atoms with E-state index in [9.17, 15) is 13.6 Å². The molecule has 1 N–H and O–H groups in total. The summed E-state index contributed by atoms with van der Waals surface area (Å²) in [5.41, 5.74) is -0.0348. The van der Waals surface area contributed by atoms with Crippen molar-refractivity contribution in [3.8, 4) is 6.07 Å². The minimum Gasteiger partial charge on any atom is -0.320 e. The number of amides is 1. The van der Waals surface area contributed by atoms with Crippen LogP contribution in [-0.4, -0.2) is 5.91 Å². The van der Waals surface area contributed by atoms with Gasteiger partial charge in [-0.15, -0.1) is 0 Å². The maximum atomic E-state index is 13.6. The van der Waals surface area contributed by atoms with E-state index in [-0.39, 0.29) is 11.1 Å². The number of carbonyl (C=O) groups excluding carboxylic acids is 1. The van der Waals surface area contributed by atoms with Crippen LogP contribution in [0.3, 0.4) is 0 Å². The lowest BCUT2D eigenvalue weighted by Crippen LogP contribution is -2.13. The molecule has 2 rings (SSSR count). The van der Waals surface area contributed by atoms with Gasteiger partial charge in [-0.3, -0.25) is 4.79 Å². The predicted octanol–water partition coefficient (Wildman–Crippen LogP) is 4.27. The molecular weight excluding hydrogens is 354 g/mol. The van der Waals surface area contributed by atoms with Gasteiger partial charge in [-0.1, -0.05) is 24.3 Å². The lowest BCUT2D eigenvalue weighted by atomic mass is 10.1. The van der Waals surface area contributed by atoms with E-state index in [4.69, 9.17) is 5.26 Å². The standard InChI is InChI=1S/C16H9BrF2N2O/c17-12-5-1-2-7-14(12)21-16(22)11(9-20)8-10-4-3-6-13(18)15(10)19/h1-8H,(H,21,22)/b11-8-. The Bertz CT molecular complexity index is 797. The van der Waals surface area contributed by atoms with E-state index in [1.807, 2.05) is 0 Å². The zero-order valence-electron chi connectivity index (χ0n) is 11.1. The Hall–Kier alpha value is -2.52. The zero-order valence-corrected chi connectivity index (χ0v) is 12.7.